The van der Waals surface area contributed by atoms with Crippen molar-refractivity contribution in [1.82, 2.24) is 4.98 Å². The van der Waals surface area contributed by atoms with Crippen LogP contribution in [0, 0.1) is 17.0 Å². The summed E-state index contributed by atoms with van der Waals surface area (Å²) >= 11 is 0. The highest BCUT2D eigenvalue weighted by Crippen LogP contribution is 2.03. The monoisotopic (exact) mass is 200 g/mol. The van der Waals surface area contributed by atoms with Gasteiger partial charge in [-0.05, 0) is 4.92 Å². The first-order valence-corrected chi connectivity index (χ1v) is 3.85. The van der Waals surface area contributed by atoms with Crippen molar-refractivity contribution >= 4 is 11.8 Å². The normalized spacial score (nSPS) is 9.86. The van der Waals surface area contributed by atoms with Crippen LogP contribution in [0.1, 0.15) is 5.82 Å². The topological polar surface area (TPSA) is 89.1 Å². The number of rotatable bonds is 3. The summed E-state index contributed by atoms with van der Waals surface area (Å²) in [7, 11) is 1.26. The molecule has 0 atom stereocenters. The molecule has 0 spiro atoms. The summed E-state index contributed by atoms with van der Waals surface area (Å²) in [5.74, 6) is -0.0690. The summed E-state index contributed by atoms with van der Waals surface area (Å²) in [5.41, 5.74) is 0. The standard InChI is InChI=1S/C7H9N3O4/c1-5-8-6(10(12)13)3-9(5)4-7(11)14-2/h3H,4H2,1-2H3/p+1. The molecule has 0 saturated carbocycles. The molecule has 7 nitrogen and oxygen atoms in total. The highest BCUT2D eigenvalue weighted by molar-refractivity contribution is 5.67. The molecule has 0 saturated heterocycles. The van der Waals surface area contributed by atoms with Crippen LogP contribution >= 0.6 is 0 Å². The number of ether oxygens (including phenoxy) is 1. The molecular formula is C7H10N3O4+. The zero-order valence-corrected chi connectivity index (χ0v) is 7.81. The van der Waals surface area contributed by atoms with E-state index >= 15 is 0 Å². The average molecular weight is 200 g/mol. The first kappa shape index (κ1) is 10.2. The number of esters is 1. The van der Waals surface area contributed by atoms with Crippen molar-refractivity contribution in [1.29, 1.82) is 0 Å². The zero-order chi connectivity index (χ0) is 10.7. The van der Waals surface area contributed by atoms with Gasteiger partial charge in [-0.15, -0.1) is 0 Å². The molecular weight excluding hydrogens is 190 g/mol. The molecule has 0 fully saturated rings. The smallest absolute Gasteiger partial charge is 0.363 e. The SMILES string of the molecule is COC(=O)C[n+]1cc([N+](=O)[O-])[nH]c1C. The summed E-state index contributed by atoms with van der Waals surface area (Å²) in [6.07, 6.45) is 1.26. The van der Waals surface area contributed by atoms with Crippen LogP contribution in [-0.2, 0) is 16.1 Å². The molecule has 0 aliphatic carbocycles. The Balaban J connectivity index is 2.88. The third kappa shape index (κ3) is 2.06. The van der Waals surface area contributed by atoms with Gasteiger partial charge in [-0.3, -0.25) is 0 Å². The summed E-state index contributed by atoms with van der Waals surface area (Å²) in [5, 5.41) is 10.4. The minimum absolute atomic E-state index is 0.0350. The average Bonchev–Trinajstić information content (AvgIpc) is 2.48. The molecule has 0 unspecified atom stereocenters. The maximum Gasteiger partial charge on any atom is 0.363 e. The molecule has 1 N–H and O–H groups in total. The number of hydrogen-bond acceptors (Lipinski definition) is 4. The highest BCUT2D eigenvalue weighted by atomic mass is 16.6. The van der Waals surface area contributed by atoms with E-state index in [1.54, 1.807) is 6.92 Å². The minimum atomic E-state index is -0.555. The van der Waals surface area contributed by atoms with Crippen LogP contribution in [0.5, 0.6) is 0 Å². The molecule has 0 aliphatic heterocycles. The first-order valence-electron chi connectivity index (χ1n) is 3.85. The van der Waals surface area contributed by atoms with E-state index in [2.05, 4.69) is 9.72 Å². The van der Waals surface area contributed by atoms with Gasteiger partial charge in [0.15, 0.2) is 12.7 Å². The molecule has 76 valence electrons. The number of nitrogens with zero attached hydrogens (tertiary/aromatic N) is 2. The number of nitro groups is 1. The van der Waals surface area contributed by atoms with Crippen LogP contribution in [-0.4, -0.2) is 23.0 Å². The van der Waals surface area contributed by atoms with E-state index in [0.29, 0.717) is 5.82 Å². The van der Waals surface area contributed by atoms with Crippen molar-refractivity contribution < 1.29 is 19.0 Å². The molecule has 0 radical (unpaired) electrons. The second-order valence-corrected chi connectivity index (χ2v) is 2.69. The lowest BCUT2D eigenvalue weighted by Gasteiger charge is -1.94. The number of imidazole rings is 1. The Bertz CT molecular complexity index is 371. The van der Waals surface area contributed by atoms with Crippen LogP contribution in [0.4, 0.5) is 5.82 Å². The predicted octanol–water partition coefficient (Wildman–Crippen LogP) is -0.308. The lowest BCUT2D eigenvalue weighted by atomic mass is 10.6. The Kier molecular flexibility index (Phi) is 2.80. The predicted molar refractivity (Wildman–Crippen MR) is 44.4 cm³/mol. The van der Waals surface area contributed by atoms with E-state index in [1.807, 2.05) is 0 Å². The molecule has 1 rings (SSSR count). The number of aryl methyl sites for hydroxylation is 1. The number of hydrogen-bond donors (Lipinski definition) is 1. The van der Waals surface area contributed by atoms with Gasteiger partial charge in [0.1, 0.15) is 0 Å². The van der Waals surface area contributed by atoms with Crippen LogP contribution in [0.15, 0.2) is 6.20 Å². The van der Waals surface area contributed by atoms with E-state index < -0.39 is 10.9 Å². The lowest BCUT2D eigenvalue weighted by Crippen LogP contribution is -2.39. The molecule has 1 heterocycles. The lowest BCUT2D eigenvalue weighted by molar-refractivity contribution is -0.691. The number of nitrogens with one attached hydrogen (secondary N) is 1. The maximum absolute atomic E-state index is 10.9. The molecule has 7 heteroatoms. The van der Waals surface area contributed by atoms with Gasteiger partial charge in [0.05, 0.1) is 7.11 Å². The maximum atomic E-state index is 10.9. The third-order valence-electron chi connectivity index (χ3n) is 1.74. The van der Waals surface area contributed by atoms with E-state index in [9.17, 15) is 14.9 Å². The molecule has 0 amide bonds. The number of carbonyl (C=O) groups is 1. The van der Waals surface area contributed by atoms with Crippen molar-refractivity contribution in [2.45, 2.75) is 13.5 Å². The Morgan fingerprint density at radius 2 is 2.43 bits per heavy atom. The number of carbonyl (C=O) groups excluding carboxylic acids is 1. The van der Waals surface area contributed by atoms with Crippen molar-refractivity contribution in [3.63, 3.8) is 0 Å². The summed E-state index contributed by atoms with van der Waals surface area (Å²) in [6.45, 7) is 1.60. The minimum Gasteiger partial charge on any atom is -0.466 e. The summed E-state index contributed by atoms with van der Waals surface area (Å²) in [4.78, 5) is 23.2. The number of aromatic nitrogens is 2. The van der Waals surface area contributed by atoms with Crippen molar-refractivity contribution in [2.24, 2.45) is 0 Å². The fourth-order valence-electron chi connectivity index (χ4n) is 0.995. The highest BCUT2D eigenvalue weighted by Gasteiger charge is 2.18. The van der Waals surface area contributed by atoms with Crippen molar-refractivity contribution in [3.05, 3.63) is 22.1 Å². The second-order valence-electron chi connectivity index (χ2n) is 2.69. The fourth-order valence-corrected chi connectivity index (χ4v) is 0.995. The Morgan fingerprint density at radius 1 is 1.79 bits per heavy atom. The summed E-state index contributed by atoms with van der Waals surface area (Å²) in [6, 6.07) is 0. The van der Waals surface area contributed by atoms with Gasteiger partial charge >= 0.3 is 11.8 Å². The van der Waals surface area contributed by atoms with Gasteiger partial charge in [0, 0.05) is 6.92 Å². The second kappa shape index (κ2) is 3.86. The van der Waals surface area contributed by atoms with Gasteiger partial charge in [-0.25, -0.2) is 14.3 Å². The van der Waals surface area contributed by atoms with E-state index in [-0.39, 0.29) is 12.4 Å². The van der Waals surface area contributed by atoms with Crippen molar-refractivity contribution in [2.75, 3.05) is 7.11 Å². The van der Waals surface area contributed by atoms with Crippen LogP contribution < -0.4 is 4.57 Å². The van der Waals surface area contributed by atoms with Gasteiger partial charge < -0.3 is 14.9 Å². The number of methoxy groups -OCH3 is 1. The van der Waals surface area contributed by atoms with Gasteiger partial charge in [-0.1, -0.05) is 0 Å². The fraction of sp³-hybridized carbons (Fsp3) is 0.429. The molecule has 1 aromatic rings. The van der Waals surface area contributed by atoms with Crippen LogP contribution in [0.3, 0.4) is 0 Å². The molecule has 1 aromatic heterocycles. The van der Waals surface area contributed by atoms with E-state index in [4.69, 9.17) is 0 Å². The quantitative estimate of drug-likeness (QED) is 0.313. The Labute approximate surface area is 79.5 Å². The van der Waals surface area contributed by atoms with E-state index in [1.165, 1.54) is 17.9 Å². The number of aromatic amines is 1. The van der Waals surface area contributed by atoms with Crippen molar-refractivity contribution in [3.8, 4) is 0 Å². The third-order valence-corrected chi connectivity index (χ3v) is 1.74. The molecule has 0 aliphatic rings. The first-order chi connectivity index (χ1) is 6.54. The Morgan fingerprint density at radius 3 is 2.86 bits per heavy atom. The van der Waals surface area contributed by atoms with Gasteiger partial charge in [0.25, 0.3) is 5.82 Å². The summed E-state index contributed by atoms with van der Waals surface area (Å²) < 4.78 is 5.86. The van der Waals surface area contributed by atoms with Gasteiger partial charge in [0.2, 0.25) is 0 Å². The number of H-pyrrole nitrogens is 1. The van der Waals surface area contributed by atoms with Crippen LogP contribution in [0.25, 0.3) is 0 Å². The molecule has 14 heavy (non-hydrogen) atoms. The van der Waals surface area contributed by atoms with Gasteiger partial charge in [-0.2, -0.15) is 0 Å². The molecule has 0 aromatic carbocycles. The van der Waals surface area contributed by atoms with Crippen LogP contribution in [0.2, 0.25) is 0 Å². The largest absolute Gasteiger partial charge is 0.466 e. The Hall–Kier alpha value is -1.92. The molecule has 0 bridgehead atoms. The van der Waals surface area contributed by atoms with E-state index in [0.717, 1.165) is 0 Å². The zero-order valence-electron chi connectivity index (χ0n) is 7.81.